The standard InChI is InChI=1S/C22H20BrN3O5S/c1-3-30-17-8-6-13(11-15(17)23)20(27)26-22(32)25-16-12-14(7-9-18(16)29-2)24-21(28)19-5-4-10-31-19/h4-12H,3H2,1-2H3,(H,24,28)(H2,25,26,27,32). The zero-order valence-electron chi connectivity index (χ0n) is 17.2. The number of ether oxygens (including phenoxy) is 2. The first kappa shape index (κ1) is 23.3. The summed E-state index contributed by atoms with van der Waals surface area (Å²) in [4.78, 5) is 24.8. The summed E-state index contributed by atoms with van der Waals surface area (Å²) in [5.74, 6) is 0.500. The average molecular weight is 518 g/mol. The molecule has 166 valence electrons. The number of furan rings is 1. The average Bonchev–Trinajstić information content (AvgIpc) is 3.30. The van der Waals surface area contributed by atoms with Crippen LogP contribution in [0.5, 0.6) is 11.5 Å². The molecule has 1 heterocycles. The molecule has 0 aliphatic carbocycles. The Morgan fingerprint density at radius 2 is 1.84 bits per heavy atom. The zero-order chi connectivity index (χ0) is 23.1. The predicted octanol–water partition coefficient (Wildman–Crippen LogP) is 4.83. The van der Waals surface area contributed by atoms with Gasteiger partial charge in [-0.05, 0) is 83.6 Å². The van der Waals surface area contributed by atoms with Crippen LogP contribution in [-0.4, -0.2) is 30.6 Å². The number of carbonyl (C=O) groups excluding carboxylic acids is 2. The molecule has 1 aromatic heterocycles. The first-order valence-corrected chi connectivity index (χ1v) is 10.7. The first-order chi connectivity index (χ1) is 15.4. The number of methoxy groups -OCH3 is 1. The van der Waals surface area contributed by atoms with Crippen molar-refractivity contribution < 1.29 is 23.5 Å². The van der Waals surface area contributed by atoms with Gasteiger partial charge in [-0.3, -0.25) is 14.9 Å². The topological polar surface area (TPSA) is 102 Å². The van der Waals surface area contributed by atoms with E-state index in [1.807, 2.05) is 6.92 Å². The van der Waals surface area contributed by atoms with Gasteiger partial charge in [0.05, 0.1) is 30.1 Å². The van der Waals surface area contributed by atoms with E-state index in [2.05, 4.69) is 31.9 Å². The molecule has 0 fully saturated rings. The Balaban J connectivity index is 1.68. The Bertz CT molecular complexity index is 1130. The Morgan fingerprint density at radius 1 is 1.06 bits per heavy atom. The maximum absolute atomic E-state index is 12.6. The van der Waals surface area contributed by atoms with Crippen LogP contribution in [-0.2, 0) is 0 Å². The highest BCUT2D eigenvalue weighted by atomic mass is 79.9. The van der Waals surface area contributed by atoms with Crippen LogP contribution in [0, 0.1) is 0 Å². The fourth-order valence-corrected chi connectivity index (χ4v) is 3.42. The van der Waals surface area contributed by atoms with E-state index in [-0.39, 0.29) is 10.9 Å². The molecule has 3 aromatic rings. The van der Waals surface area contributed by atoms with E-state index in [1.54, 1.807) is 48.5 Å². The monoisotopic (exact) mass is 517 g/mol. The fraction of sp³-hybridized carbons (Fsp3) is 0.136. The number of halogens is 1. The van der Waals surface area contributed by atoms with E-state index in [0.717, 1.165) is 0 Å². The SMILES string of the molecule is CCOc1ccc(C(=O)NC(=S)Nc2cc(NC(=O)c3ccco3)ccc2OC)cc1Br. The first-order valence-electron chi connectivity index (χ1n) is 9.48. The molecule has 32 heavy (non-hydrogen) atoms. The quantitative estimate of drug-likeness (QED) is 0.385. The maximum Gasteiger partial charge on any atom is 0.291 e. The van der Waals surface area contributed by atoms with Gasteiger partial charge in [0.15, 0.2) is 10.9 Å². The highest BCUT2D eigenvalue weighted by Crippen LogP contribution is 2.28. The van der Waals surface area contributed by atoms with Crippen LogP contribution in [0.25, 0.3) is 0 Å². The summed E-state index contributed by atoms with van der Waals surface area (Å²) in [6.45, 7) is 2.39. The summed E-state index contributed by atoms with van der Waals surface area (Å²) in [6, 6.07) is 13.1. The van der Waals surface area contributed by atoms with E-state index in [4.69, 9.17) is 26.1 Å². The van der Waals surface area contributed by atoms with E-state index < -0.39 is 11.8 Å². The highest BCUT2D eigenvalue weighted by molar-refractivity contribution is 9.10. The van der Waals surface area contributed by atoms with E-state index in [0.29, 0.717) is 39.5 Å². The normalized spacial score (nSPS) is 10.2. The van der Waals surface area contributed by atoms with Crippen molar-refractivity contribution in [2.24, 2.45) is 0 Å². The number of amides is 2. The van der Waals surface area contributed by atoms with Gasteiger partial charge in [-0.2, -0.15) is 0 Å². The van der Waals surface area contributed by atoms with Crippen molar-refractivity contribution in [3.63, 3.8) is 0 Å². The van der Waals surface area contributed by atoms with Crippen LogP contribution in [0.3, 0.4) is 0 Å². The molecule has 0 saturated carbocycles. The number of hydrogen-bond donors (Lipinski definition) is 3. The molecule has 3 rings (SSSR count). The summed E-state index contributed by atoms with van der Waals surface area (Å²) in [5, 5.41) is 8.32. The molecule has 0 bridgehead atoms. The number of benzene rings is 2. The minimum absolute atomic E-state index is 0.0628. The van der Waals surface area contributed by atoms with Crippen molar-refractivity contribution in [2.75, 3.05) is 24.4 Å². The highest BCUT2D eigenvalue weighted by Gasteiger charge is 2.14. The van der Waals surface area contributed by atoms with Crippen LogP contribution in [0.1, 0.15) is 27.8 Å². The molecule has 0 aliphatic heterocycles. The van der Waals surface area contributed by atoms with Crippen LogP contribution in [0.4, 0.5) is 11.4 Å². The molecule has 8 nitrogen and oxygen atoms in total. The third-order valence-corrected chi connectivity index (χ3v) is 5.00. The number of hydrogen-bond acceptors (Lipinski definition) is 6. The van der Waals surface area contributed by atoms with Crippen molar-refractivity contribution in [3.8, 4) is 11.5 Å². The van der Waals surface area contributed by atoms with Gasteiger partial charge in [-0.1, -0.05) is 0 Å². The summed E-state index contributed by atoms with van der Waals surface area (Å²) >= 11 is 8.66. The van der Waals surface area contributed by atoms with Crippen LogP contribution in [0.15, 0.2) is 63.7 Å². The molecule has 3 N–H and O–H groups in total. The van der Waals surface area contributed by atoms with Crippen molar-refractivity contribution >= 4 is 56.4 Å². The Hall–Kier alpha value is -3.37. The molecular formula is C22H20BrN3O5S. The summed E-state index contributed by atoms with van der Waals surface area (Å²) in [5.41, 5.74) is 1.35. The molecule has 0 radical (unpaired) electrons. The zero-order valence-corrected chi connectivity index (χ0v) is 19.6. The van der Waals surface area contributed by atoms with Crippen molar-refractivity contribution in [1.29, 1.82) is 0 Å². The lowest BCUT2D eigenvalue weighted by molar-refractivity contribution is 0.0975. The van der Waals surface area contributed by atoms with Gasteiger partial charge in [0.1, 0.15) is 11.5 Å². The lowest BCUT2D eigenvalue weighted by Gasteiger charge is -2.15. The van der Waals surface area contributed by atoms with Gasteiger partial charge in [-0.25, -0.2) is 0 Å². The van der Waals surface area contributed by atoms with Crippen molar-refractivity contribution in [2.45, 2.75) is 6.92 Å². The van der Waals surface area contributed by atoms with Crippen molar-refractivity contribution in [1.82, 2.24) is 5.32 Å². The minimum atomic E-state index is -0.400. The molecular weight excluding hydrogens is 498 g/mol. The van der Waals surface area contributed by atoms with E-state index >= 15 is 0 Å². The van der Waals surface area contributed by atoms with Crippen LogP contribution >= 0.6 is 28.1 Å². The van der Waals surface area contributed by atoms with E-state index in [9.17, 15) is 9.59 Å². The van der Waals surface area contributed by atoms with Crippen LogP contribution < -0.4 is 25.4 Å². The number of thiocarbonyl (C=S) groups is 1. The molecule has 0 saturated heterocycles. The molecule has 10 heteroatoms. The molecule has 0 unspecified atom stereocenters. The summed E-state index contributed by atoms with van der Waals surface area (Å²) in [7, 11) is 1.50. The van der Waals surface area contributed by atoms with Gasteiger partial charge in [0.2, 0.25) is 0 Å². The van der Waals surface area contributed by atoms with E-state index in [1.165, 1.54) is 13.4 Å². The molecule has 2 amide bonds. The smallest absolute Gasteiger partial charge is 0.291 e. The molecule has 2 aromatic carbocycles. The lowest BCUT2D eigenvalue weighted by Crippen LogP contribution is -2.34. The van der Waals surface area contributed by atoms with Crippen LogP contribution in [0.2, 0.25) is 0 Å². The predicted molar refractivity (Wildman–Crippen MR) is 129 cm³/mol. The van der Waals surface area contributed by atoms with Gasteiger partial charge < -0.3 is 24.5 Å². The Kier molecular flexibility index (Phi) is 7.85. The second-order valence-corrected chi connectivity index (χ2v) is 7.60. The summed E-state index contributed by atoms with van der Waals surface area (Å²) in [6.07, 6.45) is 1.42. The second-order valence-electron chi connectivity index (χ2n) is 6.33. The third-order valence-electron chi connectivity index (χ3n) is 4.17. The van der Waals surface area contributed by atoms with Gasteiger partial charge in [0, 0.05) is 11.3 Å². The fourth-order valence-electron chi connectivity index (χ4n) is 2.73. The lowest BCUT2D eigenvalue weighted by atomic mass is 10.2. The van der Waals surface area contributed by atoms with Crippen molar-refractivity contribution in [3.05, 3.63) is 70.6 Å². The molecule has 0 spiro atoms. The number of nitrogens with one attached hydrogen (secondary N) is 3. The Morgan fingerprint density at radius 3 is 2.50 bits per heavy atom. The number of anilines is 2. The minimum Gasteiger partial charge on any atom is -0.495 e. The summed E-state index contributed by atoms with van der Waals surface area (Å²) < 4.78 is 16.5. The molecule has 0 atom stereocenters. The largest absolute Gasteiger partial charge is 0.495 e. The second kappa shape index (κ2) is 10.8. The van der Waals surface area contributed by atoms with Gasteiger partial charge >= 0.3 is 0 Å². The number of carbonyl (C=O) groups is 2. The number of rotatable bonds is 7. The third kappa shape index (κ3) is 5.86. The maximum atomic E-state index is 12.6. The van der Waals surface area contributed by atoms with Gasteiger partial charge in [0.25, 0.3) is 11.8 Å². The molecule has 0 aliphatic rings. The Labute approximate surface area is 198 Å². The van der Waals surface area contributed by atoms with Gasteiger partial charge in [-0.15, -0.1) is 0 Å².